The van der Waals surface area contributed by atoms with Gasteiger partial charge in [-0.2, -0.15) is 12.6 Å². The van der Waals surface area contributed by atoms with Crippen LogP contribution in [-0.4, -0.2) is 16.5 Å². The molecule has 0 bridgehead atoms. The summed E-state index contributed by atoms with van der Waals surface area (Å²) in [5.74, 6) is 0.403. The van der Waals surface area contributed by atoms with Crippen LogP contribution in [-0.2, 0) is 11.2 Å². The van der Waals surface area contributed by atoms with E-state index in [9.17, 15) is 4.79 Å². The lowest BCUT2D eigenvalue weighted by molar-refractivity contribution is -0.115. The van der Waals surface area contributed by atoms with Crippen molar-refractivity contribution >= 4 is 29.3 Å². The van der Waals surface area contributed by atoms with Gasteiger partial charge in [0, 0.05) is 23.8 Å². The number of hydrogen-bond acceptors (Lipinski definition) is 3. The van der Waals surface area contributed by atoms with Gasteiger partial charge in [0.1, 0.15) is 5.78 Å². The minimum absolute atomic E-state index is 0.122. The van der Waals surface area contributed by atoms with Gasteiger partial charge in [-0.3, -0.25) is 9.78 Å². The summed E-state index contributed by atoms with van der Waals surface area (Å²) in [4.78, 5) is 15.6. The Morgan fingerprint density at radius 1 is 1.27 bits per heavy atom. The summed E-state index contributed by atoms with van der Waals surface area (Å²) in [6.07, 6.45) is 2.16. The van der Waals surface area contributed by atoms with E-state index in [1.165, 1.54) is 0 Å². The topological polar surface area (TPSA) is 30.0 Å². The summed E-state index contributed by atoms with van der Waals surface area (Å²) < 4.78 is 0. The molecule has 15 heavy (non-hydrogen) atoms. The fourth-order valence-corrected chi connectivity index (χ4v) is 1.69. The number of fused-ring (bicyclic) bond motifs is 1. The number of benzene rings is 1. The molecule has 1 heterocycles. The molecule has 2 rings (SSSR count). The lowest BCUT2D eigenvalue weighted by Crippen LogP contribution is -2.04. The van der Waals surface area contributed by atoms with Crippen molar-refractivity contribution in [2.45, 2.75) is 6.42 Å². The van der Waals surface area contributed by atoms with Gasteiger partial charge in [0.15, 0.2) is 0 Å². The number of nitrogens with zero attached hydrogens (tertiary/aromatic N) is 1. The van der Waals surface area contributed by atoms with Crippen LogP contribution in [0.5, 0.6) is 0 Å². The minimum Gasteiger partial charge on any atom is -0.298 e. The lowest BCUT2D eigenvalue weighted by atomic mass is 10.1. The number of hydrogen-bond donors (Lipinski definition) is 1. The van der Waals surface area contributed by atoms with Gasteiger partial charge in [-0.25, -0.2) is 0 Å². The van der Waals surface area contributed by atoms with Crippen molar-refractivity contribution in [2.75, 3.05) is 5.75 Å². The van der Waals surface area contributed by atoms with E-state index in [1.54, 1.807) is 6.20 Å². The third-order valence-corrected chi connectivity index (χ3v) is 2.63. The van der Waals surface area contributed by atoms with Gasteiger partial charge in [0.2, 0.25) is 0 Å². The predicted octanol–water partition coefficient (Wildman–Crippen LogP) is 2.28. The molecule has 0 spiro atoms. The molecule has 0 saturated heterocycles. The number of ketones is 1. The number of carbonyl (C=O) groups excluding carboxylic acids is 1. The number of Topliss-reactive ketones (excluding diaryl/α,β-unsaturated/α-hetero) is 1. The summed E-state index contributed by atoms with van der Waals surface area (Å²) in [7, 11) is 0. The van der Waals surface area contributed by atoms with Crippen LogP contribution in [0, 0.1) is 0 Å². The number of aromatic nitrogens is 1. The zero-order valence-electron chi connectivity index (χ0n) is 8.18. The third kappa shape index (κ3) is 2.18. The molecule has 0 N–H and O–H groups in total. The van der Waals surface area contributed by atoms with Gasteiger partial charge in [0.05, 0.1) is 5.52 Å². The van der Waals surface area contributed by atoms with E-state index in [0.29, 0.717) is 6.42 Å². The first-order valence-electron chi connectivity index (χ1n) is 4.76. The number of rotatable bonds is 3. The molecule has 0 aliphatic carbocycles. The lowest BCUT2D eigenvalue weighted by Gasteiger charge is -2.03. The standard InChI is InChI=1S/C12H11NOS/c14-11(8-15)7-10-4-1-3-9-5-2-6-13-12(9)10/h1-6,15H,7-8H2. The van der Waals surface area contributed by atoms with E-state index in [2.05, 4.69) is 17.6 Å². The van der Waals surface area contributed by atoms with Crippen molar-refractivity contribution < 1.29 is 4.79 Å². The summed E-state index contributed by atoms with van der Waals surface area (Å²) in [5.41, 5.74) is 1.89. The molecular formula is C12H11NOS. The maximum Gasteiger partial charge on any atom is 0.146 e. The van der Waals surface area contributed by atoms with Crippen LogP contribution < -0.4 is 0 Å². The molecule has 0 saturated carbocycles. The molecule has 2 aromatic rings. The molecule has 0 unspecified atom stereocenters. The van der Waals surface area contributed by atoms with Crippen molar-refractivity contribution in [1.29, 1.82) is 0 Å². The Kier molecular flexibility index (Phi) is 3.02. The predicted molar refractivity (Wildman–Crippen MR) is 64.3 cm³/mol. The van der Waals surface area contributed by atoms with Gasteiger partial charge >= 0.3 is 0 Å². The molecule has 0 radical (unpaired) electrons. The third-order valence-electron chi connectivity index (χ3n) is 2.28. The van der Waals surface area contributed by atoms with Crippen molar-refractivity contribution in [3.8, 4) is 0 Å². The van der Waals surface area contributed by atoms with E-state index in [4.69, 9.17) is 0 Å². The Balaban J connectivity index is 2.46. The van der Waals surface area contributed by atoms with Crippen molar-refractivity contribution in [3.05, 3.63) is 42.1 Å². The fourth-order valence-electron chi connectivity index (χ4n) is 1.58. The molecular weight excluding hydrogens is 206 g/mol. The number of pyridine rings is 1. The van der Waals surface area contributed by atoms with Crippen LogP contribution >= 0.6 is 12.6 Å². The number of thiol groups is 1. The van der Waals surface area contributed by atoms with E-state index in [-0.39, 0.29) is 11.5 Å². The van der Waals surface area contributed by atoms with E-state index < -0.39 is 0 Å². The summed E-state index contributed by atoms with van der Waals surface area (Å²) >= 11 is 3.97. The number of para-hydroxylation sites is 1. The SMILES string of the molecule is O=C(CS)Cc1cccc2cccnc12. The highest BCUT2D eigenvalue weighted by Crippen LogP contribution is 2.16. The Bertz CT molecular complexity index is 490. The Morgan fingerprint density at radius 3 is 2.87 bits per heavy atom. The van der Waals surface area contributed by atoms with Crippen LogP contribution in [0.15, 0.2) is 36.5 Å². The second kappa shape index (κ2) is 4.45. The zero-order chi connectivity index (χ0) is 10.7. The first kappa shape index (κ1) is 10.2. The smallest absolute Gasteiger partial charge is 0.146 e. The molecule has 0 atom stereocenters. The first-order chi connectivity index (χ1) is 7.31. The highest BCUT2D eigenvalue weighted by molar-refractivity contribution is 7.81. The van der Waals surface area contributed by atoms with Crippen molar-refractivity contribution in [3.63, 3.8) is 0 Å². The molecule has 3 heteroatoms. The molecule has 1 aromatic heterocycles. The highest BCUT2D eigenvalue weighted by atomic mass is 32.1. The van der Waals surface area contributed by atoms with Crippen molar-refractivity contribution in [2.24, 2.45) is 0 Å². The average molecular weight is 217 g/mol. The Morgan fingerprint density at radius 2 is 2.07 bits per heavy atom. The molecule has 76 valence electrons. The molecule has 0 aliphatic rings. The maximum absolute atomic E-state index is 11.3. The van der Waals surface area contributed by atoms with Gasteiger partial charge in [0.25, 0.3) is 0 Å². The molecule has 0 fully saturated rings. The highest BCUT2D eigenvalue weighted by Gasteiger charge is 2.05. The molecule has 1 aromatic carbocycles. The quantitative estimate of drug-likeness (QED) is 0.799. The average Bonchev–Trinajstić information content (AvgIpc) is 2.29. The van der Waals surface area contributed by atoms with Gasteiger partial charge in [-0.15, -0.1) is 0 Å². The summed E-state index contributed by atoms with van der Waals surface area (Å²) in [5, 5.41) is 1.07. The normalized spacial score (nSPS) is 10.5. The summed E-state index contributed by atoms with van der Waals surface area (Å²) in [6.45, 7) is 0. The van der Waals surface area contributed by atoms with Crippen molar-refractivity contribution in [1.82, 2.24) is 4.98 Å². The Hall–Kier alpha value is -1.35. The van der Waals surface area contributed by atoms with Crippen LogP contribution in [0.2, 0.25) is 0 Å². The van der Waals surface area contributed by atoms with Gasteiger partial charge in [-0.05, 0) is 11.6 Å². The first-order valence-corrected chi connectivity index (χ1v) is 5.39. The molecule has 2 nitrogen and oxygen atoms in total. The Labute approximate surface area is 93.7 Å². The number of carbonyl (C=O) groups is 1. The van der Waals surface area contributed by atoms with Gasteiger partial charge in [-0.1, -0.05) is 24.3 Å². The monoisotopic (exact) mass is 217 g/mol. The zero-order valence-corrected chi connectivity index (χ0v) is 9.08. The fraction of sp³-hybridized carbons (Fsp3) is 0.167. The van der Waals surface area contributed by atoms with E-state index >= 15 is 0 Å². The van der Waals surface area contributed by atoms with Crippen LogP contribution in [0.1, 0.15) is 5.56 Å². The second-order valence-corrected chi connectivity index (χ2v) is 3.68. The van der Waals surface area contributed by atoms with E-state index in [1.807, 2.05) is 30.3 Å². The molecule has 0 amide bonds. The molecule has 0 aliphatic heterocycles. The largest absolute Gasteiger partial charge is 0.298 e. The maximum atomic E-state index is 11.3. The summed E-state index contributed by atoms with van der Waals surface area (Å²) in [6, 6.07) is 9.78. The van der Waals surface area contributed by atoms with Crippen LogP contribution in [0.4, 0.5) is 0 Å². The van der Waals surface area contributed by atoms with Crippen LogP contribution in [0.3, 0.4) is 0 Å². The second-order valence-electron chi connectivity index (χ2n) is 3.37. The van der Waals surface area contributed by atoms with E-state index in [0.717, 1.165) is 16.5 Å². The minimum atomic E-state index is 0.122. The van der Waals surface area contributed by atoms with Gasteiger partial charge < -0.3 is 0 Å². The van der Waals surface area contributed by atoms with Crippen LogP contribution in [0.25, 0.3) is 10.9 Å².